The first-order valence-corrected chi connectivity index (χ1v) is 9.67. The molecule has 1 aliphatic rings. The highest BCUT2D eigenvalue weighted by Crippen LogP contribution is 2.36. The summed E-state index contributed by atoms with van der Waals surface area (Å²) in [5, 5.41) is 2.94. The van der Waals surface area contributed by atoms with Crippen LogP contribution in [0.2, 0.25) is 0 Å². The summed E-state index contributed by atoms with van der Waals surface area (Å²) < 4.78 is 0. The van der Waals surface area contributed by atoms with Gasteiger partial charge in [-0.1, -0.05) is 25.3 Å². The van der Waals surface area contributed by atoms with Crippen LogP contribution in [0.15, 0.2) is 61.7 Å². The van der Waals surface area contributed by atoms with E-state index in [1.165, 1.54) is 0 Å². The Balaban J connectivity index is 2.02. The minimum Gasteiger partial charge on any atom is -0.351 e. The Kier molecular flexibility index (Phi) is 6.53. The van der Waals surface area contributed by atoms with Crippen LogP contribution in [0.5, 0.6) is 0 Å². The highest BCUT2D eigenvalue weighted by Gasteiger charge is 2.46. The number of hydrogen-bond acceptors (Lipinski definition) is 4. The topological polar surface area (TPSA) is 75.2 Å². The standard InChI is InChI=1S/C22H26N4O2/c1-2-12-25-21(28)22(10-4-3-5-11-22)26(17-18-6-13-23-14-7-18)20(27)19-8-15-24-16-9-19/h2,6-9,13-16H,1,3-5,10-12,17H2,(H,25,28). The molecule has 6 nitrogen and oxygen atoms in total. The molecule has 0 spiro atoms. The van der Waals surface area contributed by atoms with E-state index in [0.717, 1.165) is 24.8 Å². The van der Waals surface area contributed by atoms with Crippen molar-refractivity contribution < 1.29 is 9.59 Å². The van der Waals surface area contributed by atoms with Crippen LogP contribution in [0.3, 0.4) is 0 Å². The molecule has 0 atom stereocenters. The van der Waals surface area contributed by atoms with Crippen molar-refractivity contribution in [3.05, 3.63) is 72.8 Å². The summed E-state index contributed by atoms with van der Waals surface area (Å²) in [5.74, 6) is -0.265. The molecule has 6 heteroatoms. The van der Waals surface area contributed by atoms with Gasteiger partial charge in [0.1, 0.15) is 5.54 Å². The Morgan fingerprint density at radius 2 is 1.64 bits per heavy atom. The van der Waals surface area contributed by atoms with Crippen molar-refractivity contribution in [3.63, 3.8) is 0 Å². The molecule has 2 aromatic rings. The summed E-state index contributed by atoms with van der Waals surface area (Å²) in [6, 6.07) is 7.15. The first-order chi connectivity index (χ1) is 13.7. The molecule has 0 aromatic carbocycles. The first kappa shape index (κ1) is 19.7. The summed E-state index contributed by atoms with van der Waals surface area (Å²) in [4.78, 5) is 36.6. The van der Waals surface area contributed by atoms with E-state index in [1.54, 1.807) is 47.9 Å². The smallest absolute Gasteiger partial charge is 0.255 e. The van der Waals surface area contributed by atoms with Crippen molar-refractivity contribution in [3.8, 4) is 0 Å². The fraction of sp³-hybridized carbons (Fsp3) is 0.364. The van der Waals surface area contributed by atoms with E-state index in [-0.39, 0.29) is 11.8 Å². The van der Waals surface area contributed by atoms with E-state index in [0.29, 0.717) is 31.5 Å². The zero-order valence-corrected chi connectivity index (χ0v) is 16.0. The highest BCUT2D eigenvalue weighted by atomic mass is 16.2. The van der Waals surface area contributed by atoms with Gasteiger partial charge in [-0.15, -0.1) is 6.58 Å². The molecule has 1 saturated carbocycles. The molecule has 3 rings (SSSR count). The van der Waals surface area contributed by atoms with Crippen molar-refractivity contribution in [1.29, 1.82) is 0 Å². The Bertz CT molecular complexity index is 802. The van der Waals surface area contributed by atoms with Gasteiger partial charge in [0.25, 0.3) is 5.91 Å². The number of nitrogens with one attached hydrogen (secondary N) is 1. The Morgan fingerprint density at radius 3 is 2.25 bits per heavy atom. The van der Waals surface area contributed by atoms with Crippen molar-refractivity contribution >= 4 is 11.8 Å². The van der Waals surface area contributed by atoms with Gasteiger partial charge in [-0.25, -0.2) is 0 Å². The number of hydrogen-bond donors (Lipinski definition) is 1. The summed E-state index contributed by atoms with van der Waals surface area (Å²) in [6.07, 6.45) is 12.5. The monoisotopic (exact) mass is 378 g/mol. The van der Waals surface area contributed by atoms with Gasteiger partial charge in [-0.2, -0.15) is 0 Å². The van der Waals surface area contributed by atoms with E-state index in [1.807, 2.05) is 12.1 Å². The molecule has 2 aromatic heterocycles. The molecule has 0 aliphatic heterocycles. The molecule has 1 aliphatic carbocycles. The average molecular weight is 378 g/mol. The van der Waals surface area contributed by atoms with Crippen molar-refractivity contribution in [2.75, 3.05) is 6.54 Å². The van der Waals surface area contributed by atoms with Crippen molar-refractivity contribution in [2.45, 2.75) is 44.2 Å². The number of aromatic nitrogens is 2. The maximum atomic E-state index is 13.5. The zero-order chi connectivity index (χ0) is 19.8. The first-order valence-electron chi connectivity index (χ1n) is 9.67. The molecule has 1 N–H and O–H groups in total. The molecule has 0 unspecified atom stereocenters. The lowest BCUT2D eigenvalue weighted by molar-refractivity contribution is -0.134. The second-order valence-corrected chi connectivity index (χ2v) is 7.07. The Morgan fingerprint density at radius 1 is 1.04 bits per heavy atom. The van der Waals surface area contributed by atoms with Crippen LogP contribution in [0.1, 0.15) is 48.0 Å². The predicted molar refractivity (Wildman–Crippen MR) is 107 cm³/mol. The third kappa shape index (κ3) is 4.27. The van der Waals surface area contributed by atoms with E-state index >= 15 is 0 Å². The Hall–Kier alpha value is -3.02. The van der Waals surface area contributed by atoms with Crippen LogP contribution in [0, 0.1) is 0 Å². The Labute approximate surface area is 165 Å². The van der Waals surface area contributed by atoms with Gasteiger partial charge < -0.3 is 10.2 Å². The molecule has 146 valence electrons. The van der Waals surface area contributed by atoms with E-state index < -0.39 is 5.54 Å². The minimum atomic E-state index is -0.870. The lowest BCUT2D eigenvalue weighted by atomic mass is 9.78. The summed E-state index contributed by atoms with van der Waals surface area (Å²) >= 11 is 0. The third-order valence-electron chi connectivity index (χ3n) is 5.29. The van der Waals surface area contributed by atoms with Gasteiger partial charge in [0.2, 0.25) is 5.91 Å². The van der Waals surface area contributed by atoms with Crippen LogP contribution in [-0.4, -0.2) is 38.8 Å². The van der Waals surface area contributed by atoms with Gasteiger partial charge in [0.15, 0.2) is 0 Å². The van der Waals surface area contributed by atoms with Crippen LogP contribution in [0.25, 0.3) is 0 Å². The number of nitrogens with zero attached hydrogens (tertiary/aromatic N) is 3. The van der Waals surface area contributed by atoms with Crippen LogP contribution in [-0.2, 0) is 11.3 Å². The van der Waals surface area contributed by atoms with Gasteiger partial charge in [0, 0.05) is 43.4 Å². The second-order valence-electron chi connectivity index (χ2n) is 7.07. The van der Waals surface area contributed by atoms with Gasteiger partial charge in [-0.3, -0.25) is 19.6 Å². The summed E-state index contributed by atoms with van der Waals surface area (Å²) in [6.45, 7) is 4.42. The molecular formula is C22H26N4O2. The van der Waals surface area contributed by atoms with Crippen LogP contribution >= 0.6 is 0 Å². The minimum absolute atomic E-state index is 0.108. The number of rotatable bonds is 7. The highest BCUT2D eigenvalue weighted by molar-refractivity contribution is 5.99. The van der Waals surface area contributed by atoms with Gasteiger partial charge in [-0.05, 0) is 42.7 Å². The van der Waals surface area contributed by atoms with Crippen LogP contribution in [0.4, 0.5) is 0 Å². The fourth-order valence-corrected chi connectivity index (χ4v) is 3.82. The second kappa shape index (κ2) is 9.26. The fourth-order valence-electron chi connectivity index (χ4n) is 3.82. The number of pyridine rings is 2. The third-order valence-corrected chi connectivity index (χ3v) is 5.29. The van der Waals surface area contributed by atoms with Crippen molar-refractivity contribution in [1.82, 2.24) is 20.2 Å². The molecular weight excluding hydrogens is 352 g/mol. The number of amides is 2. The van der Waals surface area contributed by atoms with Crippen LogP contribution < -0.4 is 5.32 Å². The van der Waals surface area contributed by atoms with Gasteiger partial charge >= 0.3 is 0 Å². The summed E-state index contributed by atoms with van der Waals surface area (Å²) in [5.41, 5.74) is 0.606. The SMILES string of the molecule is C=CCNC(=O)C1(N(Cc2ccncc2)C(=O)c2ccncc2)CCCCC1. The summed E-state index contributed by atoms with van der Waals surface area (Å²) in [7, 11) is 0. The molecule has 2 heterocycles. The number of carbonyl (C=O) groups excluding carboxylic acids is 2. The predicted octanol–water partition coefficient (Wildman–Crippen LogP) is 3.12. The molecule has 28 heavy (non-hydrogen) atoms. The van der Waals surface area contributed by atoms with E-state index in [2.05, 4.69) is 21.9 Å². The average Bonchev–Trinajstić information content (AvgIpc) is 2.77. The van der Waals surface area contributed by atoms with Crippen molar-refractivity contribution in [2.24, 2.45) is 0 Å². The lowest BCUT2D eigenvalue weighted by Crippen LogP contribution is -2.61. The molecule has 0 bridgehead atoms. The van der Waals surface area contributed by atoms with E-state index in [4.69, 9.17) is 0 Å². The molecule has 0 saturated heterocycles. The van der Waals surface area contributed by atoms with E-state index in [9.17, 15) is 9.59 Å². The molecule has 1 fully saturated rings. The maximum absolute atomic E-state index is 13.5. The lowest BCUT2D eigenvalue weighted by Gasteiger charge is -2.45. The molecule has 2 amide bonds. The zero-order valence-electron chi connectivity index (χ0n) is 16.0. The molecule has 0 radical (unpaired) electrons. The van der Waals surface area contributed by atoms with Gasteiger partial charge in [0.05, 0.1) is 0 Å². The quantitative estimate of drug-likeness (QED) is 0.751. The maximum Gasteiger partial charge on any atom is 0.255 e. The normalized spacial score (nSPS) is 15.4. The number of carbonyl (C=O) groups is 2. The largest absolute Gasteiger partial charge is 0.351 e.